The van der Waals surface area contributed by atoms with E-state index in [4.69, 9.17) is 21.5 Å². The number of hydrogen-bond donors (Lipinski definition) is 1. The Labute approximate surface area is 121 Å². The Kier molecular flexibility index (Phi) is 3.10. The summed E-state index contributed by atoms with van der Waals surface area (Å²) in [5.74, 6) is 1.63. The average molecular weight is 289 g/mol. The number of nitrogens with zero attached hydrogens (tertiary/aromatic N) is 2. The lowest BCUT2D eigenvalue weighted by Gasteiger charge is -2.05. The van der Waals surface area contributed by atoms with Crippen LogP contribution in [0.4, 0.5) is 0 Å². The molecule has 104 valence electrons. The van der Waals surface area contributed by atoms with Crippen molar-refractivity contribution < 1.29 is 9.26 Å². The minimum absolute atomic E-state index is 0.645. The van der Waals surface area contributed by atoms with Crippen LogP contribution >= 0.6 is 12.2 Å². The van der Waals surface area contributed by atoms with Crippen LogP contribution < -0.4 is 4.74 Å². The van der Waals surface area contributed by atoms with Crippen molar-refractivity contribution in [2.24, 2.45) is 0 Å². The summed E-state index contributed by atoms with van der Waals surface area (Å²) >= 11 is 5.41. The molecule has 1 N–H and O–H groups in total. The van der Waals surface area contributed by atoms with Crippen LogP contribution in [-0.2, 0) is 6.54 Å². The van der Waals surface area contributed by atoms with E-state index < -0.39 is 0 Å². The lowest BCUT2D eigenvalue weighted by atomic mass is 10.2. The molecule has 20 heavy (non-hydrogen) atoms. The van der Waals surface area contributed by atoms with Gasteiger partial charge in [0.1, 0.15) is 11.5 Å². The van der Waals surface area contributed by atoms with E-state index in [9.17, 15) is 0 Å². The van der Waals surface area contributed by atoms with Crippen molar-refractivity contribution in [3.63, 3.8) is 0 Å². The Balaban J connectivity index is 2.12. The van der Waals surface area contributed by atoms with Gasteiger partial charge in [-0.25, -0.2) is 0 Å². The summed E-state index contributed by atoms with van der Waals surface area (Å²) in [6, 6.07) is 5.86. The Morgan fingerprint density at radius 2 is 2.20 bits per heavy atom. The fourth-order valence-corrected chi connectivity index (χ4v) is 2.59. The van der Waals surface area contributed by atoms with Gasteiger partial charge in [-0.15, -0.1) is 0 Å². The van der Waals surface area contributed by atoms with Gasteiger partial charge >= 0.3 is 0 Å². The van der Waals surface area contributed by atoms with Crippen molar-refractivity contribution in [3.8, 4) is 5.75 Å². The molecule has 2 aromatic heterocycles. The van der Waals surface area contributed by atoms with Crippen LogP contribution in [0.15, 0.2) is 22.7 Å². The third-order valence-corrected chi connectivity index (χ3v) is 3.80. The predicted octanol–water partition coefficient (Wildman–Crippen LogP) is 3.36. The molecule has 0 saturated carbocycles. The first kappa shape index (κ1) is 12.9. The van der Waals surface area contributed by atoms with Gasteiger partial charge in [0.25, 0.3) is 0 Å². The molecule has 2 heterocycles. The number of methoxy groups -OCH3 is 1. The van der Waals surface area contributed by atoms with Crippen molar-refractivity contribution in [1.29, 1.82) is 0 Å². The Bertz CT molecular complexity index is 809. The molecule has 0 amide bonds. The number of hydrogen-bond acceptors (Lipinski definition) is 4. The predicted molar refractivity (Wildman–Crippen MR) is 78.8 cm³/mol. The van der Waals surface area contributed by atoms with Gasteiger partial charge in [-0.1, -0.05) is 5.16 Å². The first-order chi connectivity index (χ1) is 9.60. The molecule has 0 saturated heterocycles. The minimum atomic E-state index is 0.645. The normalized spacial score (nSPS) is 11.2. The fourth-order valence-electron chi connectivity index (χ4n) is 2.31. The molecular weight excluding hydrogens is 274 g/mol. The second-order valence-corrected chi connectivity index (χ2v) is 5.09. The molecule has 5 nitrogen and oxygen atoms in total. The summed E-state index contributed by atoms with van der Waals surface area (Å²) in [6.07, 6.45) is 0. The van der Waals surface area contributed by atoms with E-state index in [1.807, 2.05) is 36.6 Å². The maximum atomic E-state index is 5.41. The van der Waals surface area contributed by atoms with Gasteiger partial charge in [-0.05, 0) is 38.2 Å². The number of rotatable bonds is 3. The molecule has 0 aliphatic heterocycles. The molecule has 0 fully saturated rings. The van der Waals surface area contributed by atoms with Crippen molar-refractivity contribution in [1.82, 2.24) is 14.7 Å². The van der Waals surface area contributed by atoms with Gasteiger partial charge in [0.05, 0.1) is 30.4 Å². The molecule has 0 spiro atoms. The second kappa shape index (κ2) is 4.79. The maximum absolute atomic E-state index is 5.41. The van der Waals surface area contributed by atoms with Crippen LogP contribution in [0.25, 0.3) is 11.0 Å². The van der Waals surface area contributed by atoms with E-state index in [2.05, 4.69) is 10.1 Å². The highest BCUT2D eigenvalue weighted by molar-refractivity contribution is 7.71. The SMILES string of the molecule is COc1ccc2c(c1)[nH]c(=S)n2Cc1c(C)noc1C. The summed E-state index contributed by atoms with van der Waals surface area (Å²) in [7, 11) is 1.65. The summed E-state index contributed by atoms with van der Waals surface area (Å²) in [6.45, 7) is 4.50. The number of benzene rings is 1. The van der Waals surface area contributed by atoms with Gasteiger partial charge in [0, 0.05) is 11.6 Å². The van der Waals surface area contributed by atoms with Gasteiger partial charge in [-0.3, -0.25) is 0 Å². The van der Waals surface area contributed by atoms with Crippen LogP contribution in [0.1, 0.15) is 17.0 Å². The third kappa shape index (κ3) is 2.02. The van der Waals surface area contributed by atoms with Gasteiger partial charge in [-0.2, -0.15) is 0 Å². The summed E-state index contributed by atoms with van der Waals surface area (Å²) in [5, 5.41) is 3.98. The number of imidazole rings is 1. The molecule has 0 aliphatic carbocycles. The average Bonchev–Trinajstić information content (AvgIpc) is 2.92. The molecule has 1 aromatic carbocycles. The lowest BCUT2D eigenvalue weighted by molar-refractivity contribution is 0.392. The van der Waals surface area contributed by atoms with Gasteiger partial charge in [0.2, 0.25) is 0 Å². The zero-order chi connectivity index (χ0) is 14.3. The van der Waals surface area contributed by atoms with Gasteiger partial charge in [0.15, 0.2) is 4.77 Å². The fraction of sp³-hybridized carbons (Fsp3) is 0.286. The van der Waals surface area contributed by atoms with Crippen LogP contribution in [0.3, 0.4) is 0 Å². The topological polar surface area (TPSA) is 56.0 Å². The number of aryl methyl sites for hydroxylation is 2. The van der Waals surface area contributed by atoms with E-state index in [-0.39, 0.29) is 0 Å². The van der Waals surface area contributed by atoms with E-state index in [0.29, 0.717) is 11.3 Å². The Hall–Kier alpha value is -2.08. The smallest absolute Gasteiger partial charge is 0.178 e. The first-order valence-corrected chi connectivity index (χ1v) is 6.69. The van der Waals surface area contributed by atoms with Crippen molar-refractivity contribution in [2.75, 3.05) is 7.11 Å². The van der Waals surface area contributed by atoms with E-state index >= 15 is 0 Å². The minimum Gasteiger partial charge on any atom is -0.497 e. The zero-order valence-corrected chi connectivity index (χ0v) is 12.4. The van der Waals surface area contributed by atoms with Crippen molar-refractivity contribution in [3.05, 3.63) is 40.0 Å². The molecule has 6 heteroatoms. The maximum Gasteiger partial charge on any atom is 0.178 e. The first-order valence-electron chi connectivity index (χ1n) is 6.28. The molecule has 3 rings (SSSR count). The number of aromatic amines is 1. The van der Waals surface area contributed by atoms with Crippen LogP contribution in [0.2, 0.25) is 0 Å². The Morgan fingerprint density at radius 3 is 2.85 bits per heavy atom. The highest BCUT2D eigenvalue weighted by atomic mass is 32.1. The molecule has 0 aliphatic rings. The number of H-pyrrole nitrogens is 1. The Morgan fingerprint density at radius 1 is 1.40 bits per heavy atom. The monoisotopic (exact) mass is 289 g/mol. The highest BCUT2D eigenvalue weighted by Gasteiger charge is 2.12. The van der Waals surface area contributed by atoms with E-state index in [1.165, 1.54) is 0 Å². The van der Waals surface area contributed by atoms with Crippen molar-refractivity contribution in [2.45, 2.75) is 20.4 Å². The second-order valence-electron chi connectivity index (χ2n) is 4.70. The summed E-state index contributed by atoms with van der Waals surface area (Å²) in [4.78, 5) is 3.20. The number of fused-ring (bicyclic) bond motifs is 1. The summed E-state index contributed by atoms with van der Waals surface area (Å²) in [5.41, 5.74) is 3.96. The van der Waals surface area contributed by atoms with Gasteiger partial charge < -0.3 is 18.8 Å². The largest absolute Gasteiger partial charge is 0.497 e. The standard InChI is InChI=1S/C14H15N3O2S/c1-8-11(9(2)19-16-8)7-17-13-5-4-10(18-3)6-12(13)15-14(17)20/h4-6H,7H2,1-3H3,(H,15,20). The van der Waals surface area contributed by atoms with Crippen molar-refractivity contribution >= 4 is 23.3 Å². The number of ether oxygens (including phenoxy) is 1. The van der Waals surface area contributed by atoms with E-state index in [1.54, 1.807) is 7.11 Å². The molecule has 3 aromatic rings. The zero-order valence-electron chi connectivity index (χ0n) is 11.6. The van der Waals surface area contributed by atoms with E-state index in [0.717, 1.165) is 33.8 Å². The third-order valence-electron chi connectivity index (χ3n) is 3.48. The van der Waals surface area contributed by atoms with Crippen LogP contribution in [0, 0.1) is 18.6 Å². The van der Waals surface area contributed by atoms with Crippen LogP contribution in [0.5, 0.6) is 5.75 Å². The highest BCUT2D eigenvalue weighted by Crippen LogP contribution is 2.23. The molecular formula is C14H15N3O2S. The quantitative estimate of drug-likeness (QED) is 0.751. The molecule has 0 unspecified atom stereocenters. The summed E-state index contributed by atoms with van der Waals surface area (Å²) < 4.78 is 13.1. The number of nitrogens with one attached hydrogen (secondary N) is 1. The lowest BCUT2D eigenvalue weighted by Crippen LogP contribution is -2.01. The van der Waals surface area contributed by atoms with Crippen LogP contribution in [-0.4, -0.2) is 21.8 Å². The number of aromatic nitrogens is 3. The molecule has 0 radical (unpaired) electrons. The molecule has 0 atom stereocenters. The molecule has 0 bridgehead atoms.